The lowest BCUT2D eigenvalue weighted by molar-refractivity contribution is -0.126. The topological polar surface area (TPSA) is 116 Å². The molecule has 0 aromatic carbocycles. The van der Waals surface area contributed by atoms with E-state index in [2.05, 4.69) is 20.6 Å². The fourth-order valence-electron chi connectivity index (χ4n) is 3.53. The van der Waals surface area contributed by atoms with Gasteiger partial charge >= 0.3 is 0 Å². The standard InChI is InChI=1S/C21H23N5O4/c1-11-8-13-17(22-11)9-14-19-16(25-20(14)28)5-4-15(24-19)12(2)23-18(27)10-30-7-6-26(3)21(13)29/h4-5,8-9,12,22H,6-7,10H2,1-3H3,(H,23,27)(H,25,28)/b14-9-/t12-/m0/s1. The Kier molecular flexibility index (Phi) is 5.13. The number of fused-ring (bicyclic) bond motifs is 2. The minimum absolute atomic E-state index is 0.114. The van der Waals surface area contributed by atoms with Gasteiger partial charge in [-0.3, -0.25) is 14.4 Å². The molecule has 30 heavy (non-hydrogen) atoms. The highest BCUT2D eigenvalue weighted by Gasteiger charge is 2.28. The Bertz CT molecular complexity index is 1070. The maximum absolute atomic E-state index is 12.9. The smallest absolute Gasteiger partial charge is 0.258 e. The van der Waals surface area contributed by atoms with Crippen LogP contribution in [0.25, 0.3) is 11.6 Å². The molecule has 9 nitrogen and oxygen atoms in total. The molecule has 3 N–H and O–H groups in total. The first-order chi connectivity index (χ1) is 14.3. The maximum Gasteiger partial charge on any atom is 0.258 e. The van der Waals surface area contributed by atoms with Crippen LogP contribution in [0.15, 0.2) is 18.2 Å². The Morgan fingerprint density at radius 3 is 2.83 bits per heavy atom. The van der Waals surface area contributed by atoms with Crippen LogP contribution in [0.1, 0.15) is 46.1 Å². The molecule has 0 spiro atoms. The van der Waals surface area contributed by atoms with Crippen LogP contribution in [-0.4, -0.2) is 59.4 Å². The van der Waals surface area contributed by atoms with Gasteiger partial charge in [-0.15, -0.1) is 0 Å². The summed E-state index contributed by atoms with van der Waals surface area (Å²) in [6.45, 7) is 4.11. The summed E-state index contributed by atoms with van der Waals surface area (Å²) in [5.74, 6) is -0.778. The molecular formula is C21H23N5O4. The van der Waals surface area contributed by atoms with E-state index in [9.17, 15) is 14.4 Å². The lowest BCUT2D eigenvalue weighted by atomic mass is 10.1. The van der Waals surface area contributed by atoms with E-state index in [0.717, 1.165) is 5.69 Å². The van der Waals surface area contributed by atoms with Crippen molar-refractivity contribution in [3.05, 3.63) is 46.5 Å². The van der Waals surface area contributed by atoms with Crippen LogP contribution in [0, 0.1) is 6.92 Å². The maximum atomic E-state index is 12.9. The number of hydrogen-bond acceptors (Lipinski definition) is 5. The van der Waals surface area contributed by atoms with Crippen molar-refractivity contribution >= 4 is 35.1 Å². The number of nitrogens with zero attached hydrogens (tertiary/aromatic N) is 2. The number of aromatic nitrogens is 2. The highest BCUT2D eigenvalue weighted by atomic mass is 16.5. The molecule has 0 saturated carbocycles. The molecule has 2 aromatic heterocycles. The first kappa shape index (κ1) is 19.8. The Morgan fingerprint density at radius 1 is 1.23 bits per heavy atom. The lowest BCUT2D eigenvalue weighted by Crippen LogP contribution is -2.33. The van der Waals surface area contributed by atoms with E-state index in [4.69, 9.17) is 4.74 Å². The molecule has 0 fully saturated rings. The zero-order chi connectivity index (χ0) is 21.4. The van der Waals surface area contributed by atoms with E-state index in [-0.39, 0.29) is 37.0 Å². The fourth-order valence-corrected chi connectivity index (χ4v) is 3.53. The summed E-state index contributed by atoms with van der Waals surface area (Å²) in [6.07, 6.45) is 1.65. The lowest BCUT2D eigenvalue weighted by Gasteiger charge is -2.18. The third kappa shape index (κ3) is 3.71. The molecule has 0 unspecified atom stereocenters. The van der Waals surface area contributed by atoms with Gasteiger partial charge in [0.05, 0.1) is 46.6 Å². The molecule has 3 amide bonds. The monoisotopic (exact) mass is 409 g/mol. The highest BCUT2D eigenvalue weighted by Crippen LogP contribution is 2.33. The van der Waals surface area contributed by atoms with Gasteiger partial charge in [-0.1, -0.05) is 0 Å². The average Bonchev–Trinajstić information content (AvgIpc) is 3.23. The molecule has 0 radical (unpaired) electrons. The number of ether oxygens (including phenoxy) is 1. The fraction of sp³-hybridized carbons (Fsp3) is 0.333. The molecule has 2 bridgehead atoms. The van der Waals surface area contributed by atoms with Crippen molar-refractivity contribution in [2.24, 2.45) is 0 Å². The van der Waals surface area contributed by atoms with E-state index < -0.39 is 0 Å². The van der Waals surface area contributed by atoms with Gasteiger partial charge in [0.15, 0.2) is 0 Å². The average molecular weight is 409 g/mol. The Balaban J connectivity index is 1.83. The number of aryl methyl sites for hydroxylation is 1. The minimum Gasteiger partial charge on any atom is -0.370 e. The van der Waals surface area contributed by atoms with Gasteiger partial charge in [0.1, 0.15) is 6.61 Å². The summed E-state index contributed by atoms with van der Waals surface area (Å²) in [7, 11) is 1.67. The zero-order valence-electron chi connectivity index (χ0n) is 17.0. The molecule has 156 valence electrons. The van der Waals surface area contributed by atoms with Crippen LogP contribution in [0.4, 0.5) is 5.69 Å². The number of hydrogen-bond donors (Lipinski definition) is 3. The van der Waals surface area contributed by atoms with E-state index >= 15 is 0 Å². The second-order valence-corrected chi connectivity index (χ2v) is 7.49. The number of carbonyl (C=O) groups excluding carboxylic acids is 3. The van der Waals surface area contributed by atoms with Gasteiger partial charge in [-0.25, -0.2) is 4.98 Å². The summed E-state index contributed by atoms with van der Waals surface area (Å²) in [5, 5.41) is 5.64. The molecular weight excluding hydrogens is 386 g/mol. The number of aromatic amines is 1. The number of anilines is 1. The van der Waals surface area contributed by atoms with Gasteiger partial charge in [-0.05, 0) is 38.1 Å². The summed E-state index contributed by atoms with van der Waals surface area (Å²) < 4.78 is 5.42. The molecule has 4 heterocycles. The van der Waals surface area contributed by atoms with Crippen LogP contribution in [0.3, 0.4) is 0 Å². The van der Waals surface area contributed by atoms with Crippen LogP contribution >= 0.6 is 0 Å². The summed E-state index contributed by atoms with van der Waals surface area (Å²) >= 11 is 0. The number of carbonyl (C=O) groups is 3. The molecule has 2 aliphatic rings. The van der Waals surface area contributed by atoms with Crippen molar-refractivity contribution in [2.75, 3.05) is 32.1 Å². The Morgan fingerprint density at radius 2 is 2.03 bits per heavy atom. The van der Waals surface area contributed by atoms with Gasteiger partial charge in [-0.2, -0.15) is 0 Å². The van der Waals surface area contributed by atoms with Gasteiger partial charge < -0.3 is 25.3 Å². The Labute approximate surface area is 173 Å². The first-order valence-electron chi connectivity index (χ1n) is 9.70. The van der Waals surface area contributed by atoms with E-state index in [0.29, 0.717) is 40.5 Å². The molecule has 0 saturated heterocycles. The van der Waals surface area contributed by atoms with E-state index in [1.165, 1.54) is 4.90 Å². The third-order valence-corrected chi connectivity index (χ3v) is 5.14. The normalized spacial score (nSPS) is 21.6. The zero-order valence-corrected chi connectivity index (χ0v) is 17.0. The molecule has 0 aliphatic carbocycles. The summed E-state index contributed by atoms with van der Waals surface area (Å²) in [6, 6.07) is 4.92. The van der Waals surface area contributed by atoms with Gasteiger partial charge in [0.2, 0.25) is 5.91 Å². The predicted molar refractivity (Wildman–Crippen MR) is 111 cm³/mol. The van der Waals surface area contributed by atoms with Crippen molar-refractivity contribution < 1.29 is 19.1 Å². The quantitative estimate of drug-likeness (QED) is 0.610. The number of amides is 3. The van der Waals surface area contributed by atoms with Gasteiger partial charge in [0, 0.05) is 19.3 Å². The minimum atomic E-state index is -0.358. The van der Waals surface area contributed by atoms with Crippen molar-refractivity contribution in [1.82, 2.24) is 20.2 Å². The Hall–Kier alpha value is -3.46. The van der Waals surface area contributed by atoms with Crippen molar-refractivity contribution in [3.63, 3.8) is 0 Å². The second kappa shape index (κ2) is 7.75. The van der Waals surface area contributed by atoms with Crippen molar-refractivity contribution in [3.8, 4) is 0 Å². The summed E-state index contributed by atoms with van der Waals surface area (Å²) in [4.78, 5) is 47.0. The number of likely N-dealkylation sites (N-methyl/N-ethyl adjacent to an activating group) is 1. The van der Waals surface area contributed by atoms with Crippen molar-refractivity contribution in [1.29, 1.82) is 0 Å². The van der Waals surface area contributed by atoms with Crippen LogP contribution in [0.2, 0.25) is 0 Å². The van der Waals surface area contributed by atoms with Crippen LogP contribution in [-0.2, 0) is 14.3 Å². The summed E-state index contributed by atoms with van der Waals surface area (Å²) in [5.41, 5.74) is 3.86. The number of nitrogens with one attached hydrogen (secondary N) is 3. The van der Waals surface area contributed by atoms with E-state index in [1.807, 2.05) is 13.8 Å². The molecule has 2 aromatic rings. The first-order valence-corrected chi connectivity index (χ1v) is 9.70. The number of rotatable bonds is 0. The number of pyridine rings is 1. The third-order valence-electron chi connectivity index (χ3n) is 5.14. The van der Waals surface area contributed by atoms with Gasteiger partial charge in [0.25, 0.3) is 11.8 Å². The predicted octanol–water partition coefficient (Wildman–Crippen LogP) is 1.49. The molecule has 2 aliphatic heterocycles. The largest absolute Gasteiger partial charge is 0.370 e. The van der Waals surface area contributed by atoms with E-state index in [1.54, 1.807) is 31.3 Å². The number of H-pyrrole nitrogens is 1. The molecule has 1 atom stereocenters. The van der Waals surface area contributed by atoms with Crippen molar-refractivity contribution in [2.45, 2.75) is 19.9 Å². The van der Waals surface area contributed by atoms with Crippen LogP contribution < -0.4 is 10.6 Å². The SMILES string of the molecule is Cc1cc2c([nH]1)/C=C1\C(=O)Nc3ccc(nc31)[C@H](C)NC(=O)COCCN(C)C2=O. The second-order valence-electron chi connectivity index (χ2n) is 7.49. The highest BCUT2D eigenvalue weighted by molar-refractivity contribution is 6.34. The van der Waals surface area contributed by atoms with Crippen LogP contribution in [0.5, 0.6) is 0 Å². The molecule has 9 heteroatoms. The molecule has 4 rings (SSSR count).